The van der Waals surface area contributed by atoms with Crippen LogP contribution in [-0.2, 0) is 0 Å². The van der Waals surface area contributed by atoms with Gasteiger partial charge in [-0.05, 0) is 6.26 Å². The van der Waals surface area contributed by atoms with Crippen molar-refractivity contribution < 1.29 is 55.9 Å². The van der Waals surface area contributed by atoms with Gasteiger partial charge in [0.05, 0.1) is 0 Å². The summed E-state index contributed by atoms with van der Waals surface area (Å²) in [6.07, 6.45) is 2.72. The van der Waals surface area contributed by atoms with Crippen molar-refractivity contribution in [2.75, 3.05) is 0 Å². The first-order valence-corrected chi connectivity index (χ1v) is 4.05. The minimum Gasteiger partial charge on any atom is -0.480 e. The monoisotopic (exact) mass is 193 g/mol. The SMILES string of the molecule is CC.Cc1no[c-]c1C(C)C.[K+]. The Morgan fingerprint density at radius 3 is 2.00 bits per heavy atom. The summed E-state index contributed by atoms with van der Waals surface area (Å²) >= 11 is 0. The van der Waals surface area contributed by atoms with Crippen LogP contribution in [0.4, 0.5) is 0 Å². The van der Waals surface area contributed by atoms with Gasteiger partial charge in [-0.3, -0.25) is 0 Å². The molecular weight excluding hydrogens is 177 g/mol. The third-order valence-corrected chi connectivity index (χ3v) is 1.31. The Labute approximate surface area is 118 Å². The molecule has 2 nitrogen and oxygen atoms in total. The van der Waals surface area contributed by atoms with Crippen LogP contribution in [-0.4, -0.2) is 5.16 Å². The van der Waals surface area contributed by atoms with Gasteiger partial charge in [0, 0.05) is 0 Å². The van der Waals surface area contributed by atoms with Crippen LogP contribution in [0.2, 0.25) is 0 Å². The zero-order chi connectivity index (χ0) is 8.85. The Bertz CT molecular complexity index is 196. The zero-order valence-corrected chi connectivity index (χ0v) is 12.1. The van der Waals surface area contributed by atoms with E-state index in [1.54, 1.807) is 0 Å². The molecule has 0 N–H and O–H groups in total. The molecule has 0 aromatic carbocycles. The molecule has 0 amide bonds. The minimum atomic E-state index is 0. The van der Waals surface area contributed by atoms with E-state index >= 15 is 0 Å². The molecule has 0 aliphatic carbocycles. The Morgan fingerprint density at radius 2 is 1.83 bits per heavy atom. The molecule has 0 spiro atoms. The molecule has 1 aromatic heterocycles. The summed E-state index contributed by atoms with van der Waals surface area (Å²) in [6, 6.07) is 0. The van der Waals surface area contributed by atoms with Crippen molar-refractivity contribution in [3.8, 4) is 0 Å². The Morgan fingerprint density at radius 1 is 1.33 bits per heavy atom. The van der Waals surface area contributed by atoms with Crippen LogP contribution in [0.15, 0.2) is 4.52 Å². The first kappa shape index (κ1) is 15.3. The van der Waals surface area contributed by atoms with Crippen LogP contribution in [0.1, 0.15) is 44.9 Å². The third kappa shape index (κ3) is 4.77. The molecule has 0 saturated carbocycles. The first-order chi connectivity index (χ1) is 5.22. The van der Waals surface area contributed by atoms with Gasteiger partial charge >= 0.3 is 51.4 Å². The van der Waals surface area contributed by atoms with E-state index in [9.17, 15) is 0 Å². The maximum absolute atomic E-state index is 4.63. The van der Waals surface area contributed by atoms with E-state index in [1.165, 1.54) is 0 Å². The molecule has 1 aromatic rings. The number of hydrogen-bond donors (Lipinski definition) is 0. The molecule has 0 radical (unpaired) electrons. The normalized spacial score (nSPS) is 8.50. The molecule has 0 saturated heterocycles. The fraction of sp³-hybridized carbons (Fsp3) is 0.667. The van der Waals surface area contributed by atoms with Gasteiger partial charge in [0.2, 0.25) is 0 Å². The molecule has 1 rings (SSSR count). The second-order valence-electron chi connectivity index (χ2n) is 2.44. The fourth-order valence-corrected chi connectivity index (χ4v) is 0.799. The van der Waals surface area contributed by atoms with Crippen molar-refractivity contribution >= 4 is 0 Å². The number of hydrogen-bond acceptors (Lipinski definition) is 2. The predicted molar refractivity (Wildman–Crippen MR) is 45.5 cm³/mol. The summed E-state index contributed by atoms with van der Waals surface area (Å²) in [4.78, 5) is 0. The van der Waals surface area contributed by atoms with Gasteiger partial charge in [-0.1, -0.05) is 46.2 Å². The Balaban J connectivity index is 0. The van der Waals surface area contributed by atoms with E-state index in [-0.39, 0.29) is 51.4 Å². The number of rotatable bonds is 1. The predicted octanol–water partition coefficient (Wildman–Crippen LogP) is -0.0632. The maximum atomic E-state index is 4.63. The standard InChI is InChI=1S/C7H10NO.C2H6.K/c1-5(2)7-4-9-8-6(7)3;1-2;/h5H,1-3H3;1-2H3;/q-1;;+1. The summed E-state index contributed by atoms with van der Waals surface area (Å²) in [6.45, 7) is 10.1. The maximum Gasteiger partial charge on any atom is 1.00 e. The van der Waals surface area contributed by atoms with Gasteiger partial charge in [0.25, 0.3) is 0 Å². The fourth-order valence-electron chi connectivity index (χ4n) is 0.799. The van der Waals surface area contributed by atoms with Gasteiger partial charge < -0.3 is 4.52 Å². The van der Waals surface area contributed by atoms with Crippen LogP contribution in [0.5, 0.6) is 0 Å². The summed E-state index contributed by atoms with van der Waals surface area (Å²) in [5, 5.41) is 3.71. The van der Waals surface area contributed by atoms with E-state index in [1.807, 2.05) is 20.8 Å². The van der Waals surface area contributed by atoms with Gasteiger partial charge in [0.15, 0.2) is 0 Å². The molecule has 0 aliphatic rings. The van der Waals surface area contributed by atoms with Crippen LogP contribution in [0, 0.1) is 13.2 Å². The Kier molecular flexibility index (Phi) is 10.8. The van der Waals surface area contributed by atoms with Gasteiger partial charge in [-0.2, -0.15) is 5.56 Å². The second kappa shape index (κ2) is 8.44. The molecule has 12 heavy (non-hydrogen) atoms. The second-order valence-corrected chi connectivity index (χ2v) is 2.44. The summed E-state index contributed by atoms with van der Waals surface area (Å²) in [7, 11) is 0. The molecule has 0 aliphatic heterocycles. The van der Waals surface area contributed by atoms with E-state index in [2.05, 4.69) is 29.8 Å². The number of aromatic nitrogens is 1. The van der Waals surface area contributed by atoms with Gasteiger partial charge in [0.1, 0.15) is 0 Å². The average Bonchev–Trinajstić information content (AvgIpc) is 2.39. The molecule has 0 unspecified atom stereocenters. The summed E-state index contributed by atoms with van der Waals surface area (Å²) in [5.41, 5.74) is 2.03. The largest absolute Gasteiger partial charge is 1.00 e. The van der Waals surface area contributed by atoms with E-state index in [0.29, 0.717) is 5.92 Å². The van der Waals surface area contributed by atoms with Crippen molar-refractivity contribution in [2.45, 2.75) is 40.5 Å². The Hall–Kier alpha value is 0.846. The molecule has 0 atom stereocenters. The molecule has 0 bridgehead atoms. The number of nitrogens with zero attached hydrogens (tertiary/aromatic N) is 1. The minimum absolute atomic E-state index is 0. The van der Waals surface area contributed by atoms with E-state index in [0.717, 1.165) is 11.3 Å². The van der Waals surface area contributed by atoms with Crippen LogP contribution in [0.3, 0.4) is 0 Å². The first-order valence-electron chi connectivity index (χ1n) is 4.05. The molecule has 0 fully saturated rings. The van der Waals surface area contributed by atoms with E-state index in [4.69, 9.17) is 0 Å². The summed E-state index contributed by atoms with van der Waals surface area (Å²) < 4.78 is 4.63. The average molecular weight is 193 g/mol. The smallest absolute Gasteiger partial charge is 0.480 e. The van der Waals surface area contributed by atoms with Crippen LogP contribution < -0.4 is 51.4 Å². The molecule has 64 valence electrons. The third-order valence-electron chi connectivity index (χ3n) is 1.31. The van der Waals surface area contributed by atoms with Crippen molar-refractivity contribution in [3.63, 3.8) is 0 Å². The van der Waals surface area contributed by atoms with Crippen molar-refractivity contribution in [1.29, 1.82) is 0 Å². The van der Waals surface area contributed by atoms with Gasteiger partial charge in [-0.15, -0.1) is 0 Å². The topological polar surface area (TPSA) is 26.0 Å². The summed E-state index contributed by atoms with van der Waals surface area (Å²) in [5.74, 6) is 0.469. The quantitative estimate of drug-likeness (QED) is 0.461. The van der Waals surface area contributed by atoms with Crippen molar-refractivity contribution in [2.24, 2.45) is 0 Å². The van der Waals surface area contributed by atoms with Gasteiger partial charge in [-0.25, -0.2) is 5.16 Å². The zero-order valence-electron chi connectivity index (χ0n) is 8.93. The van der Waals surface area contributed by atoms with Crippen LogP contribution in [0.25, 0.3) is 0 Å². The molecule has 1 heterocycles. The van der Waals surface area contributed by atoms with Crippen molar-refractivity contribution in [3.05, 3.63) is 17.5 Å². The molecular formula is C9H16KNO. The van der Waals surface area contributed by atoms with Crippen LogP contribution >= 0.6 is 0 Å². The number of aryl methyl sites for hydroxylation is 1. The molecule has 3 heteroatoms. The van der Waals surface area contributed by atoms with Crippen molar-refractivity contribution in [1.82, 2.24) is 5.16 Å². The van der Waals surface area contributed by atoms with E-state index < -0.39 is 0 Å².